The van der Waals surface area contributed by atoms with Gasteiger partial charge in [-0.1, -0.05) is 0 Å². The number of anilines is 1. The molecule has 2 aromatic heterocycles. The number of amides is 1. The van der Waals surface area contributed by atoms with E-state index in [9.17, 15) is 9.59 Å². The summed E-state index contributed by atoms with van der Waals surface area (Å²) in [6, 6.07) is 8.55. The number of nitrogens with one attached hydrogen (secondary N) is 1. The SMILES string of the molecule is COc1ccc(C(=O)[C@@H]2CC(=O)Nc3c2c(C)nn3-c2ncccn2)cc1. The molecule has 0 aliphatic carbocycles. The molecule has 1 aromatic carbocycles. The molecule has 8 heteroatoms. The minimum absolute atomic E-state index is 0.0695. The van der Waals surface area contributed by atoms with E-state index >= 15 is 0 Å². The van der Waals surface area contributed by atoms with Gasteiger partial charge in [0.1, 0.15) is 11.6 Å². The minimum atomic E-state index is -0.611. The Morgan fingerprint density at radius 2 is 1.93 bits per heavy atom. The molecule has 0 bridgehead atoms. The zero-order chi connectivity index (χ0) is 19.0. The van der Waals surface area contributed by atoms with Gasteiger partial charge in [0.25, 0.3) is 5.95 Å². The molecular formula is C19H17N5O3. The number of fused-ring (bicyclic) bond motifs is 1. The number of rotatable bonds is 4. The lowest BCUT2D eigenvalue weighted by Gasteiger charge is -2.22. The van der Waals surface area contributed by atoms with Gasteiger partial charge in [-0.2, -0.15) is 9.78 Å². The summed E-state index contributed by atoms with van der Waals surface area (Å²) in [6.07, 6.45) is 3.26. The quantitative estimate of drug-likeness (QED) is 0.714. The van der Waals surface area contributed by atoms with Crippen LogP contribution in [0.15, 0.2) is 42.7 Å². The van der Waals surface area contributed by atoms with Gasteiger partial charge >= 0.3 is 0 Å². The van der Waals surface area contributed by atoms with Crippen molar-refractivity contribution in [3.63, 3.8) is 0 Å². The summed E-state index contributed by atoms with van der Waals surface area (Å²) < 4.78 is 6.60. The van der Waals surface area contributed by atoms with E-state index < -0.39 is 5.92 Å². The van der Waals surface area contributed by atoms with Crippen molar-refractivity contribution in [2.45, 2.75) is 19.3 Å². The maximum absolute atomic E-state index is 13.1. The molecule has 1 amide bonds. The average Bonchev–Trinajstić information content (AvgIpc) is 3.04. The topological polar surface area (TPSA) is 99.0 Å². The molecule has 1 atom stereocenters. The van der Waals surface area contributed by atoms with Gasteiger partial charge < -0.3 is 10.1 Å². The first-order valence-corrected chi connectivity index (χ1v) is 8.43. The summed E-state index contributed by atoms with van der Waals surface area (Å²) in [5, 5.41) is 7.27. The molecule has 0 fully saturated rings. The Labute approximate surface area is 155 Å². The van der Waals surface area contributed by atoms with Crippen molar-refractivity contribution >= 4 is 17.5 Å². The Hall–Kier alpha value is -3.55. The molecule has 0 unspecified atom stereocenters. The van der Waals surface area contributed by atoms with Crippen LogP contribution in [0.1, 0.15) is 34.0 Å². The van der Waals surface area contributed by atoms with Crippen molar-refractivity contribution in [3.8, 4) is 11.7 Å². The second-order valence-electron chi connectivity index (χ2n) is 6.21. The van der Waals surface area contributed by atoms with Crippen LogP contribution in [0.25, 0.3) is 5.95 Å². The van der Waals surface area contributed by atoms with Crippen molar-refractivity contribution < 1.29 is 14.3 Å². The molecule has 3 heterocycles. The summed E-state index contributed by atoms with van der Waals surface area (Å²) in [5.74, 6) is 0.455. The largest absolute Gasteiger partial charge is 0.497 e. The van der Waals surface area contributed by atoms with E-state index in [-0.39, 0.29) is 18.1 Å². The second kappa shape index (κ2) is 6.64. The number of aromatic nitrogens is 4. The van der Waals surface area contributed by atoms with Crippen molar-refractivity contribution in [1.29, 1.82) is 0 Å². The predicted molar refractivity (Wildman–Crippen MR) is 97.2 cm³/mol. The third-order valence-corrected chi connectivity index (χ3v) is 4.54. The van der Waals surface area contributed by atoms with E-state index in [1.54, 1.807) is 49.8 Å². The molecule has 0 radical (unpaired) electrons. The van der Waals surface area contributed by atoms with Crippen molar-refractivity contribution in [3.05, 3.63) is 59.5 Å². The number of ether oxygens (including phenoxy) is 1. The van der Waals surface area contributed by atoms with E-state index in [0.717, 1.165) is 0 Å². The number of ketones is 1. The van der Waals surface area contributed by atoms with E-state index in [1.165, 1.54) is 4.68 Å². The number of hydrogen-bond donors (Lipinski definition) is 1. The average molecular weight is 363 g/mol. The van der Waals surface area contributed by atoms with Crippen LogP contribution in [0.3, 0.4) is 0 Å². The number of Topliss-reactive ketones (excluding diaryl/α,β-unsaturated/α-hetero) is 1. The van der Waals surface area contributed by atoms with Gasteiger partial charge in [-0.25, -0.2) is 9.97 Å². The molecule has 4 rings (SSSR count). The zero-order valence-electron chi connectivity index (χ0n) is 14.8. The summed E-state index contributed by atoms with van der Waals surface area (Å²) in [7, 11) is 1.57. The summed E-state index contributed by atoms with van der Waals surface area (Å²) in [5.41, 5.74) is 1.87. The highest BCUT2D eigenvalue weighted by molar-refractivity contribution is 6.08. The fraction of sp³-hybridized carbons (Fsp3) is 0.211. The van der Waals surface area contributed by atoms with E-state index in [0.29, 0.717) is 34.3 Å². The number of nitrogens with zero attached hydrogens (tertiary/aromatic N) is 4. The van der Waals surface area contributed by atoms with Crippen LogP contribution in [0.4, 0.5) is 5.82 Å². The molecule has 136 valence electrons. The van der Waals surface area contributed by atoms with Gasteiger partial charge in [-0.05, 0) is 37.3 Å². The van der Waals surface area contributed by atoms with Crippen LogP contribution in [0.2, 0.25) is 0 Å². The van der Waals surface area contributed by atoms with Crippen molar-refractivity contribution in [1.82, 2.24) is 19.7 Å². The van der Waals surface area contributed by atoms with Gasteiger partial charge in [0.05, 0.1) is 18.7 Å². The molecular weight excluding hydrogens is 346 g/mol. The highest BCUT2D eigenvalue weighted by Crippen LogP contribution is 2.37. The molecule has 3 aromatic rings. The van der Waals surface area contributed by atoms with E-state index in [1.807, 2.05) is 6.92 Å². The van der Waals surface area contributed by atoms with Gasteiger partial charge in [-0.15, -0.1) is 0 Å². The molecule has 0 spiro atoms. The van der Waals surface area contributed by atoms with Gasteiger partial charge in [0.15, 0.2) is 5.78 Å². The molecule has 8 nitrogen and oxygen atoms in total. The summed E-state index contributed by atoms with van der Waals surface area (Å²) in [6.45, 7) is 1.81. The van der Waals surface area contributed by atoms with Crippen molar-refractivity contribution in [2.24, 2.45) is 0 Å². The molecule has 0 saturated carbocycles. The fourth-order valence-corrected chi connectivity index (χ4v) is 3.27. The fourth-order valence-electron chi connectivity index (χ4n) is 3.27. The summed E-state index contributed by atoms with van der Waals surface area (Å²) >= 11 is 0. The van der Waals surface area contributed by atoms with Crippen LogP contribution in [-0.2, 0) is 4.79 Å². The Morgan fingerprint density at radius 3 is 2.59 bits per heavy atom. The molecule has 27 heavy (non-hydrogen) atoms. The second-order valence-corrected chi connectivity index (χ2v) is 6.21. The van der Waals surface area contributed by atoms with Crippen LogP contribution in [0, 0.1) is 6.92 Å². The number of methoxy groups -OCH3 is 1. The van der Waals surface area contributed by atoms with Gasteiger partial charge in [0.2, 0.25) is 5.91 Å². The Morgan fingerprint density at radius 1 is 1.22 bits per heavy atom. The van der Waals surface area contributed by atoms with Gasteiger partial charge in [0, 0.05) is 29.9 Å². The standard InChI is InChI=1S/C19H17N5O3/c1-11-16-14(17(26)12-4-6-13(27-2)7-5-12)10-15(25)22-18(16)24(23-11)19-20-8-3-9-21-19/h3-9,14H,10H2,1-2H3,(H,22,25)/t14-/m1/s1. The molecule has 1 aliphatic heterocycles. The lowest BCUT2D eigenvalue weighted by molar-refractivity contribution is -0.116. The first-order valence-electron chi connectivity index (χ1n) is 8.43. The van der Waals surface area contributed by atoms with Crippen LogP contribution < -0.4 is 10.1 Å². The highest BCUT2D eigenvalue weighted by Gasteiger charge is 2.36. The number of aryl methyl sites for hydroxylation is 1. The van der Waals surface area contributed by atoms with E-state index in [2.05, 4.69) is 20.4 Å². The van der Waals surface area contributed by atoms with Crippen LogP contribution >= 0.6 is 0 Å². The Balaban J connectivity index is 1.78. The normalized spacial score (nSPS) is 15.8. The molecule has 1 N–H and O–H groups in total. The maximum Gasteiger partial charge on any atom is 0.252 e. The zero-order valence-corrected chi connectivity index (χ0v) is 14.8. The van der Waals surface area contributed by atoms with E-state index in [4.69, 9.17) is 4.74 Å². The first-order chi connectivity index (χ1) is 13.1. The number of carbonyl (C=O) groups is 2. The first kappa shape index (κ1) is 16.9. The molecule has 1 aliphatic rings. The Kier molecular flexibility index (Phi) is 4.15. The summed E-state index contributed by atoms with van der Waals surface area (Å²) in [4.78, 5) is 33.8. The maximum atomic E-state index is 13.1. The minimum Gasteiger partial charge on any atom is -0.497 e. The Bertz CT molecular complexity index is 1010. The third-order valence-electron chi connectivity index (χ3n) is 4.54. The lowest BCUT2D eigenvalue weighted by atomic mass is 9.85. The number of carbonyl (C=O) groups excluding carboxylic acids is 2. The predicted octanol–water partition coefficient (Wildman–Crippen LogP) is 2.29. The van der Waals surface area contributed by atoms with Crippen LogP contribution in [-0.4, -0.2) is 38.5 Å². The van der Waals surface area contributed by atoms with Gasteiger partial charge in [-0.3, -0.25) is 9.59 Å². The van der Waals surface area contributed by atoms with Crippen LogP contribution in [0.5, 0.6) is 5.75 Å². The molecule has 0 saturated heterocycles. The monoisotopic (exact) mass is 363 g/mol. The highest BCUT2D eigenvalue weighted by atomic mass is 16.5. The lowest BCUT2D eigenvalue weighted by Crippen LogP contribution is -2.28. The number of benzene rings is 1. The third kappa shape index (κ3) is 2.95. The van der Waals surface area contributed by atoms with Crippen molar-refractivity contribution in [2.75, 3.05) is 12.4 Å². The smallest absolute Gasteiger partial charge is 0.252 e. The number of hydrogen-bond acceptors (Lipinski definition) is 6.